The predicted octanol–water partition coefficient (Wildman–Crippen LogP) is 3.99. The fraction of sp³-hybridized carbons (Fsp3) is 0.375. The molecular weight excluding hydrogens is 312 g/mol. The van der Waals surface area contributed by atoms with Crippen molar-refractivity contribution in [2.45, 2.75) is 36.7 Å². The van der Waals surface area contributed by atoms with Gasteiger partial charge in [0.1, 0.15) is 0 Å². The minimum Gasteiger partial charge on any atom is -0.339 e. The number of hydrogen-bond acceptors (Lipinski definition) is 7. The Morgan fingerprint density at radius 3 is 2.74 bits per heavy atom. The lowest BCUT2D eigenvalue weighted by Gasteiger charge is -2.02. The Bertz CT molecular complexity index is 782. The molecule has 0 saturated heterocycles. The van der Waals surface area contributed by atoms with Crippen LogP contribution in [0.15, 0.2) is 39.4 Å². The van der Waals surface area contributed by atoms with Crippen molar-refractivity contribution in [2.24, 2.45) is 0 Å². The molecule has 0 aliphatic heterocycles. The largest absolute Gasteiger partial charge is 0.339 e. The molecule has 2 heterocycles. The molecule has 1 atom stereocenters. The summed E-state index contributed by atoms with van der Waals surface area (Å²) in [5.74, 6) is 3.89. The zero-order valence-electron chi connectivity index (χ0n) is 12.7. The van der Waals surface area contributed by atoms with Crippen LogP contribution in [0.2, 0.25) is 0 Å². The van der Waals surface area contributed by atoms with E-state index >= 15 is 0 Å². The standard InChI is InChI=1S/C16H16N4O2S/c1-10(23-9-13-17-16(22-19-13)12-7-8-12)15-18-14(20-21-15)11-5-3-2-4-6-11/h2-6,10,12H,7-9H2,1H3/t10-/m0/s1. The van der Waals surface area contributed by atoms with Crippen molar-refractivity contribution in [3.63, 3.8) is 0 Å². The molecule has 23 heavy (non-hydrogen) atoms. The molecule has 2 aromatic heterocycles. The van der Waals surface area contributed by atoms with Crippen molar-refractivity contribution in [1.29, 1.82) is 0 Å². The quantitative estimate of drug-likeness (QED) is 0.677. The Labute approximate surface area is 137 Å². The minimum atomic E-state index is 0.0721. The number of aromatic nitrogens is 4. The van der Waals surface area contributed by atoms with Crippen LogP contribution in [-0.4, -0.2) is 20.3 Å². The predicted molar refractivity (Wildman–Crippen MR) is 85.7 cm³/mol. The zero-order valence-corrected chi connectivity index (χ0v) is 13.5. The third kappa shape index (κ3) is 3.29. The molecule has 1 saturated carbocycles. The summed E-state index contributed by atoms with van der Waals surface area (Å²) in [5.41, 5.74) is 0.951. The van der Waals surface area contributed by atoms with Gasteiger partial charge < -0.3 is 9.05 Å². The van der Waals surface area contributed by atoms with E-state index in [1.165, 1.54) is 0 Å². The summed E-state index contributed by atoms with van der Waals surface area (Å²) in [6, 6.07) is 9.80. The van der Waals surface area contributed by atoms with Gasteiger partial charge in [-0.2, -0.15) is 9.97 Å². The normalized spacial score (nSPS) is 15.7. The summed E-state index contributed by atoms with van der Waals surface area (Å²) in [6.45, 7) is 2.04. The van der Waals surface area contributed by atoms with Crippen LogP contribution in [-0.2, 0) is 5.75 Å². The van der Waals surface area contributed by atoms with Gasteiger partial charge in [-0.15, -0.1) is 11.8 Å². The van der Waals surface area contributed by atoms with Gasteiger partial charge in [-0.05, 0) is 19.8 Å². The minimum absolute atomic E-state index is 0.0721. The highest BCUT2D eigenvalue weighted by molar-refractivity contribution is 7.98. The summed E-state index contributed by atoms with van der Waals surface area (Å²) in [7, 11) is 0. The molecule has 6 nitrogen and oxygen atoms in total. The summed E-state index contributed by atoms with van der Waals surface area (Å²) in [4.78, 5) is 8.90. The molecule has 0 radical (unpaired) electrons. The molecule has 3 aromatic rings. The number of rotatable bonds is 6. The lowest BCUT2D eigenvalue weighted by molar-refractivity contribution is 0.375. The Balaban J connectivity index is 1.38. The van der Waals surface area contributed by atoms with Crippen LogP contribution in [0.5, 0.6) is 0 Å². The van der Waals surface area contributed by atoms with Crippen molar-refractivity contribution < 1.29 is 9.05 Å². The van der Waals surface area contributed by atoms with Crippen molar-refractivity contribution >= 4 is 11.8 Å². The average molecular weight is 328 g/mol. The van der Waals surface area contributed by atoms with Crippen molar-refractivity contribution in [2.75, 3.05) is 0 Å². The zero-order chi connectivity index (χ0) is 15.6. The highest BCUT2D eigenvalue weighted by atomic mass is 32.2. The molecule has 118 valence electrons. The monoisotopic (exact) mass is 328 g/mol. The van der Waals surface area contributed by atoms with Crippen molar-refractivity contribution in [3.8, 4) is 11.4 Å². The first-order chi connectivity index (χ1) is 11.3. The molecule has 1 aliphatic rings. The first-order valence-electron chi connectivity index (χ1n) is 7.62. The van der Waals surface area contributed by atoms with E-state index in [-0.39, 0.29) is 5.25 Å². The number of thioether (sulfide) groups is 1. The van der Waals surface area contributed by atoms with Crippen LogP contribution in [0.3, 0.4) is 0 Å². The van der Waals surface area contributed by atoms with Gasteiger partial charge in [-0.3, -0.25) is 0 Å². The van der Waals surface area contributed by atoms with E-state index in [0.717, 1.165) is 30.1 Å². The maximum atomic E-state index is 5.38. The first kappa shape index (κ1) is 14.4. The van der Waals surface area contributed by atoms with Crippen LogP contribution in [0, 0.1) is 0 Å². The molecule has 1 fully saturated rings. The molecule has 1 aromatic carbocycles. The van der Waals surface area contributed by atoms with Crippen molar-refractivity contribution in [1.82, 2.24) is 20.3 Å². The smallest absolute Gasteiger partial charge is 0.239 e. The van der Waals surface area contributed by atoms with Crippen LogP contribution < -0.4 is 0 Å². The molecule has 0 N–H and O–H groups in total. The van der Waals surface area contributed by atoms with E-state index < -0.39 is 0 Å². The van der Waals surface area contributed by atoms with E-state index in [2.05, 4.69) is 20.3 Å². The molecule has 1 aliphatic carbocycles. The number of nitrogens with zero attached hydrogens (tertiary/aromatic N) is 4. The maximum Gasteiger partial charge on any atom is 0.239 e. The summed E-state index contributed by atoms with van der Waals surface area (Å²) < 4.78 is 10.6. The topological polar surface area (TPSA) is 77.8 Å². The van der Waals surface area contributed by atoms with Gasteiger partial charge >= 0.3 is 0 Å². The van der Waals surface area contributed by atoms with E-state index in [1.807, 2.05) is 37.3 Å². The maximum absolute atomic E-state index is 5.38. The molecule has 4 rings (SSSR count). The number of hydrogen-bond donors (Lipinski definition) is 0. The highest BCUT2D eigenvalue weighted by Crippen LogP contribution is 2.39. The second-order valence-corrected chi connectivity index (χ2v) is 6.93. The molecule has 0 bridgehead atoms. The third-order valence-corrected chi connectivity index (χ3v) is 4.82. The van der Waals surface area contributed by atoms with Crippen LogP contribution in [0.4, 0.5) is 0 Å². The van der Waals surface area contributed by atoms with Crippen LogP contribution in [0.1, 0.15) is 48.5 Å². The Morgan fingerprint density at radius 2 is 1.96 bits per heavy atom. The third-order valence-electron chi connectivity index (χ3n) is 3.69. The lowest BCUT2D eigenvalue weighted by Crippen LogP contribution is -1.92. The molecule has 0 amide bonds. The lowest BCUT2D eigenvalue weighted by atomic mass is 10.2. The van der Waals surface area contributed by atoms with Gasteiger partial charge in [0.05, 0.1) is 11.0 Å². The van der Waals surface area contributed by atoms with E-state index in [0.29, 0.717) is 23.4 Å². The first-order valence-corrected chi connectivity index (χ1v) is 8.67. The van der Waals surface area contributed by atoms with E-state index in [9.17, 15) is 0 Å². The van der Waals surface area contributed by atoms with Crippen LogP contribution in [0.25, 0.3) is 11.4 Å². The highest BCUT2D eigenvalue weighted by Gasteiger charge is 2.29. The van der Waals surface area contributed by atoms with Gasteiger partial charge in [0.25, 0.3) is 0 Å². The van der Waals surface area contributed by atoms with Gasteiger partial charge in [-0.1, -0.05) is 40.6 Å². The molecule has 0 spiro atoms. The summed E-state index contributed by atoms with van der Waals surface area (Å²) in [6.07, 6.45) is 2.32. The SMILES string of the molecule is C[C@H](SCc1noc(C2CC2)n1)c1nc(-c2ccccc2)no1. The van der Waals surface area contributed by atoms with E-state index in [1.54, 1.807) is 11.8 Å². The summed E-state index contributed by atoms with van der Waals surface area (Å²) >= 11 is 1.66. The van der Waals surface area contributed by atoms with Gasteiger partial charge in [0.15, 0.2) is 5.82 Å². The Kier molecular flexibility index (Phi) is 3.87. The Morgan fingerprint density at radius 1 is 1.13 bits per heavy atom. The fourth-order valence-corrected chi connectivity index (χ4v) is 2.95. The number of benzene rings is 1. The van der Waals surface area contributed by atoms with Gasteiger partial charge in [0.2, 0.25) is 17.6 Å². The fourth-order valence-electron chi connectivity index (χ4n) is 2.20. The summed E-state index contributed by atoms with van der Waals surface area (Å²) in [5, 5.41) is 8.14. The molecule has 0 unspecified atom stereocenters. The van der Waals surface area contributed by atoms with Crippen LogP contribution >= 0.6 is 11.8 Å². The van der Waals surface area contributed by atoms with E-state index in [4.69, 9.17) is 9.05 Å². The van der Waals surface area contributed by atoms with Gasteiger partial charge in [0, 0.05) is 11.5 Å². The molecule has 7 heteroatoms. The second kappa shape index (κ2) is 6.16. The van der Waals surface area contributed by atoms with Gasteiger partial charge in [-0.25, -0.2) is 0 Å². The average Bonchev–Trinajstić information content (AvgIpc) is 3.14. The molecular formula is C16H16N4O2S. The van der Waals surface area contributed by atoms with Crippen molar-refractivity contribution in [3.05, 3.63) is 47.9 Å². The second-order valence-electron chi connectivity index (χ2n) is 5.60. The Hall–Kier alpha value is -2.15.